The lowest BCUT2D eigenvalue weighted by atomic mass is 9.82. The van der Waals surface area contributed by atoms with Crippen molar-refractivity contribution in [3.8, 4) is 113 Å². The lowest BCUT2D eigenvalue weighted by molar-refractivity contribution is 0.661. The number of fused-ring (bicyclic) bond motifs is 24. The van der Waals surface area contributed by atoms with Gasteiger partial charge >= 0.3 is 0 Å². The molecule has 0 atom stereocenters. The maximum absolute atomic E-state index is 6.71. The molecule has 0 aliphatic heterocycles. The van der Waals surface area contributed by atoms with Gasteiger partial charge in [0.05, 0.1) is 55.5 Å². The average molecular weight is 1740 g/mol. The van der Waals surface area contributed by atoms with E-state index < -0.39 is 0 Å². The van der Waals surface area contributed by atoms with Crippen LogP contribution in [0.4, 0.5) is 0 Å². The number of hydrogen-bond donors (Lipinski definition) is 0. The van der Waals surface area contributed by atoms with Gasteiger partial charge in [-0.15, -0.1) is 0 Å². The van der Waals surface area contributed by atoms with Gasteiger partial charge in [0.15, 0.2) is 17.5 Å². The zero-order chi connectivity index (χ0) is 89.5. The van der Waals surface area contributed by atoms with Crippen LogP contribution in [0.15, 0.2) is 444 Å². The van der Waals surface area contributed by atoms with Gasteiger partial charge in [-0.1, -0.05) is 287 Å². The molecule has 19 aromatic carbocycles. The smallest absolute Gasteiger partial charge is 0.235 e. The summed E-state index contributed by atoms with van der Waals surface area (Å²) < 4.78 is 29.0. The minimum absolute atomic E-state index is 0.187. The zero-order valence-corrected chi connectivity index (χ0v) is 73.7. The van der Waals surface area contributed by atoms with Crippen LogP contribution in [0.3, 0.4) is 0 Å². The van der Waals surface area contributed by atoms with E-state index in [1.807, 2.05) is 115 Å². The largest absolute Gasteiger partial charge is 0.456 e. The molecule has 1 aliphatic rings. The molecule has 0 bridgehead atoms. The van der Waals surface area contributed by atoms with Gasteiger partial charge in [0.2, 0.25) is 5.95 Å². The third kappa shape index (κ3) is 12.1. The van der Waals surface area contributed by atoms with Crippen molar-refractivity contribution >= 4 is 153 Å². The van der Waals surface area contributed by atoms with Crippen LogP contribution in [-0.2, 0) is 5.41 Å². The van der Waals surface area contributed by atoms with Crippen molar-refractivity contribution in [2.24, 2.45) is 0 Å². The van der Waals surface area contributed by atoms with Crippen LogP contribution >= 0.6 is 0 Å². The first-order valence-corrected chi connectivity index (χ1v) is 46.1. The molecule has 0 spiro atoms. The highest BCUT2D eigenvalue weighted by molar-refractivity contribution is 6.22. The summed E-state index contributed by atoms with van der Waals surface area (Å²) in [4.78, 5) is 25.6. The summed E-state index contributed by atoms with van der Waals surface area (Å²) >= 11 is 0. The quantitative estimate of drug-likeness (QED) is 0.125. The first-order chi connectivity index (χ1) is 67.1. The molecule has 29 rings (SSSR count). The van der Waals surface area contributed by atoms with Crippen molar-refractivity contribution in [2.75, 3.05) is 0 Å². The maximum Gasteiger partial charge on any atom is 0.235 e. The zero-order valence-electron chi connectivity index (χ0n) is 73.7. The predicted molar refractivity (Wildman–Crippen MR) is 557 cm³/mol. The number of nitrogens with zero attached hydrogens (tertiary/aromatic N) is 9. The normalized spacial score (nSPS) is 12.5. The Kier molecular flexibility index (Phi) is 16.9. The van der Waals surface area contributed by atoms with Crippen molar-refractivity contribution in [3.05, 3.63) is 442 Å². The lowest BCUT2D eigenvalue weighted by Gasteiger charge is -2.22. The molecule has 0 amide bonds. The fraction of sp³-hybridized carbons (Fsp3) is 0.0242. The minimum Gasteiger partial charge on any atom is -0.456 e. The van der Waals surface area contributed by atoms with Gasteiger partial charge < -0.3 is 27.0 Å². The van der Waals surface area contributed by atoms with Gasteiger partial charge in [0.25, 0.3) is 0 Å². The molecule has 0 fully saturated rings. The Morgan fingerprint density at radius 2 is 0.522 bits per heavy atom. The molecule has 636 valence electrons. The number of furan rings is 3. The summed E-state index contributed by atoms with van der Waals surface area (Å²) in [6.45, 7) is 4.75. The van der Waals surface area contributed by atoms with Crippen LogP contribution in [0.2, 0.25) is 0 Å². The van der Waals surface area contributed by atoms with E-state index in [-0.39, 0.29) is 5.41 Å². The third-order valence-corrected chi connectivity index (χ3v) is 28.1. The van der Waals surface area contributed by atoms with E-state index in [1.165, 1.54) is 66.1 Å². The molecule has 1 aliphatic carbocycles. The van der Waals surface area contributed by atoms with Crippen molar-refractivity contribution in [3.63, 3.8) is 0 Å². The summed E-state index contributed by atoms with van der Waals surface area (Å²) in [5.41, 5.74) is 33.5. The summed E-state index contributed by atoms with van der Waals surface area (Å²) in [6.07, 6.45) is 0. The molecule has 0 radical (unpaired) electrons. The van der Waals surface area contributed by atoms with Gasteiger partial charge in [-0.3, -0.25) is 4.57 Å². The highest BCUT2D eigenvalue weighted by atomic mass is 16.3. The van der Waals surface area contributed by atoms with Crippen molar-refractivity contribution in [2.45, 2.75) is 19.3 Å². The summed E-state index contributed by atoms with van der Waals surface area (Å²) in [6, 6.07) is 153. The second kappa shape index (κ2) is 30.0. The molecule has 0 saturated carbocycles. The van der Waals surface area contributed by atoms with Crippen LogP contribution in [0.25, 0.3) is 266 Å². The van der Waals surface area contributed by atoms with Gasteiger partial charge in [-0.25, -0.2) is 24.9 Å². The van der Waals surface area contributed by atoms with E-state index >= 15 is 0 Å². The molecule has 136 heavy (non-hydrogen) atoms. The van der Waals surface area contributed by atoms with Crippen LogP contribution in [0, 0.1) is 0 Å². The van der Waals surface area contributed by atoms with Gasteiger partial charge in [-0.05, 0) is 184 Å². The second-order valence-electron chi connectivity index (χ2n) is 36.2. The van der Waals surface area contributed by atoms with E-state index in [1.54, 1.807) is 0 Å². The Bertz CT molecular complexity index is 9720. The Hall–Kier alpha value is -18.1. The second-order valence-corrected chi connectivity index (χ2v) is 36.2. The molecule has 9 heterocycles. The number of para-hydroxylation sites is 6. The number of hydrogen-bond acceptors (Lipinski definition) is 8. The Morgan fingerprint density at radius 1 is 0.184 bits per heavy atom. The Balaban J connectivity index is 0.000000136. The average Bonchev–Trinajstić information content (AvgIpc) is 1.55. The van der Waals surface area contributed by atoms with Crippen molar-refractivity contribution in [1.29, 1.82) is 0 Å². The van der Waals surface area contributed by atoms with E-state index in [2.05, 4.69) is 348 Å². The SMILES string of the molecule is CC1(C)c2ccc(-c3ccc4c(c3)c3cc5c(cc3n4-c3cccc(-c4nc(-c6ccccc6)nc(-c6ccccc6)n4)c3)oc3ccccc35)cc2-c2cc3c4ccccc4n(-c4ccccc4)c3cc21.c1ccc(-c2cc(-c3ccccc3)nc(-n3c4ccccc4c4cc5c(cc43)oc3ccc(-c4ccc6c(c4)c4cc7c(cc4n6-c4ccccc4)oc4ccccc47)cc35)n2)cc1. The summed E-state index contributed by atoms with van der Waals surface area (Å²) in [5.74, 6) is 2.47. The van der Waals surface area contributed by atoms with E-state index in [0.717, 1.165) is 188 Å². The first-order valence-electron chi connectivity index (χ1n) is 46.1. The molecule has 0 unspecified atom stereocenters. The highest BCUT2D eigenvalue weighted by Crippen LogP contribution is 2.54. The molecule has 0 saturated heterocycles. The number of benzene rings is 19. The van der Waals surface area contributed by atoms with Gasteiger partial charge in [0.1, 0.15) is 33.5 Å². The first kappa shape index (κ1) is 76.7. The summed E-state index contributed by atoms with van der Waals surface area (Å²) in [7, 11) is 0. The van der Waals surface area contributed by atoms with Crippen LogP contribution in [-0.4, -0.2) is 43.2 Å². The Labute approximate surface area is 778 Å². The monoisotopic (exact) mass is 1740 g/mol. The standard InChI is InChI=1S/C66H43N5O.C58H34N4O2/c1-66(2)55-31-29-42(34-49(55)50-36-52-47-25-12-14-27-57(47)70(59(52)38-56(50)66)45-22-10-5-11-23-45)43-30-32-58-51(35-43)53-37-54-48-26-13-15-28-61(48)72-62(54)39-60(53)71(58)46-24-16-21-44(33-46)65-68-63(40-17-6-3-7-18-40)67-64(69-65)41-19-8-4-9-20-41;1-4-14-35(15-5-1)48-32-49(36-16-6-2-7-17-36)60-58(59-48)62-50-22-12-10-20-40(50)43-30-47-45-29-38(25-27-55(45)64-57(47)34-53(43)62)37-24-26-51-42(28-37)44-31-46-41-21-11-13-23-54(41)63-56(46)33-52(44)61(51)39-18-8-3-9-19-39/h3-39H,1-2H3;1-34H. The topological polar surface area (TPSA) is 124 Å². The van der Waals surface area contributed by atoms with Gasteiger partial charge in [0, 0.05) is 144 Å². The predicted octanol–water partition coefficient (Wildman–Crippen LogP) is 32.4. The van der Waals surface area contributed by atoms with E-state index in [9.17, 15) is 0 Å². The van der Waals surface area contributed by atoms with Crippen molar-refractivity contribution in [1.82, 2.24) is 43.2 Å². The Morgan fingerprint density at radius 3 is 1.04 bits per heavy atom. The molecule has 0 N–H and O–H groups in total. The van der Waals surface area contributed by atoms with Crippen molar-refractivity contribution < 1.29 is 13.3 Å². The van der Waals surface area contributed by atoms with Crippen LogP contribution in [0.5, 0.6) is 0 Å². The highest BCUT2D eigenvalue weighted by Gasteiger charge is 2.37. The van der Waals surface area contributed by atoms with Crippen LogP contribution in [0.1, 0.15) is 25.0 Å². The summed E-state index contributed by atoms with van der Waals surface area (Å²) in [5, 5.41) is 16.0. The molecular weight excluding hydrogens is 1660 g/mol. The molecule has 12 nitrogen and oxygen atoms in total. The minimum atomic E-state index is -0.187. The molecule has 9 aromatic heterocycles. The fourth-order valence-corrected chi connectivity index (χ4v) is 21.6. The number of aromatic nitrogens is 9. The van der Waals surface area contributed by atoms with E-state index in [0.29, 0.717) is 23.4 Å². The fourth-order valence-electron chi connectivity index (χ4n) is 21.6. The van der Waals surface area contributed by atoms with Gasteiger partial charge in [-0.2, -0.15) is 0 Å². The van der Waals surface area contributed by atoms with E-state index in [4.69, 9.17) is 38.2 Å². The van der Waals surface area contributed by atoms with Crippen LogP contribution < -0.4 is 0 Å². The number of rotatable bonds is 11. The lowest BCUT2D eigenvalue weighted by Crippen LogP contribution is -2.15. The third-order valence-electron chi connectivity index (χ3n) is 28.1. The maximum atomic E-state index is 6.71. The molecular formula is C124H77N9O3. The molecule has 28 aromatic rings. The molecule has 12 heteroatoms.